The van der Waals surface area contributed by atoms with Gasteiger partial charge in [0.25, 0.3) is 0 Å². The van der Waals surface area contributed by atoms with Gasteiger partial charge in [-0.2, -0.15) is 0 Å². The number of halogens is 1. The quantitative estimate of drug-likeness (QED) is 0.472. The highest BCUT2D eigenvalue weighted by atomic mass is 19.1. The second-order valence-corrected chi connectivity index (χ2v) is 8.86. The van der Waals surface area contributed by atoms with Gasteiger partial charge in [-0.15, -0.1) is 0 Å². The molecule has 1 aromatic heterocycles. The Morgan fingerprint density at radius 1 is 1.14 bits per heavy atom. The lowest BCUT2D eigenvalue weighted by atomic mass is 10.1. The molecule has 1 atom stereocenters. The van der Waals surface area contributed by atoms with Crippen molar-refractivity contribution in [2.24, 2.45) is 0 Å². The minimum atomic E-state index is -0.637. The first kappa shape index (κ1) is 27.7. The number of hydrogen-bond donors (Lipinski definition) is 2. The maximum atomic E-state index is 14.2. The molecule has 0 spiro atoms. The highest BCUT2D eigenvalue weighted by Gasteiger charge is 2.20. The highest BCUT2D eigenvalue weighted by molar-refractivity contribution is 5.92. The molecule has 2 N–H and O–H groups in total. The number of benzene rings is 1. The van der Waals surface area contributed by atoms with Crippen LogP contribution in [0.1, 0.15) is 18.2 Å². The largest absolute Gasteiger partial charge is 0.361 e. The van der Waals surface area contributed by atoms with Gasteiger partial charge in [0.15, 0.2) is 11.6 Å². The molecule has 0 saturated carbocycles. The Labute approximate surface area is 207 Å². The summed E-state index contributed by atoms with van der Waals surface area (Å²) in [4.78, 5) is 38.8. The summed E-state index contributed by atoms with van der Waals surface area (Å²) in [6.45, 7) is 4.48. The molecule has 0 aliphatic heterocycles. The number of amides is 2. The summed E-state index contributed by atoms with van der Waals surface area (Å²) in [5.74, 6) is 0.313. The maximum Gasteiger partial charge on any atom is 0.246 e. The molecule has 9 nitrogen and oxygen atoms in total. The van der Waals surface area contributed by atoms with E-state index in [4.69, 9.17) is 0 Å². The average molecular weight is 486 g/mol. The van der Waals surface area contributed by atoms with Crippen LogP contribution in [-0.4, -0.2) is 86.0 Å². The summed E-state index contributed by atoms with van der Waals surface area (Å²) in [7, 11) is 9.16. The fraction of sp³-hybridized carbons (Fsp3) is 0.440. The lowest BCUT2D eigenvalue weighted by molar-refractivity contribution is -0.135. The minimum absolute atomic E-state index is 0.244. The molecule has 2 aromatic rings. The van der Waals surface area contributed by atoms with Gasteiger partial charge in [0.05, 0.1) is 11.9 Å². The van der Waals surface area contributed by atoms with Gasteiger partial charge in [-0.25, -0.2) is 9.37 Å². The van der Waals surface area contributed by atoms with Gasteiger partial charge in [-0.3, -0.25) is 14.6 Å². The zero-order valence-electron chi connectivity index (χ0n) is 21.6. The van der Waals surface area contributed by atoms with Gasteiger partial charge in [0.1, 0.15) is 11.9 Å². The van der Waals surface area contributed by atoms with Crippen LogP contribution >= 0.6 is 0 Å². The van der Waals surface area contributed by atoms with Gasteiger partial charge in [0, 0.05) is 46.0 Å². The molecule has 0 fully saturated rings. The molecule has 2 amide bonds. The van der Waals surface area contributed by atoms with Crippen LogP contribution in [0.5, 0.6) is 0 Å². The summed E-state index contributed by atoms with van der Waals surface area (Å²) in [5, 5.41) is 5.91. The molecular formula is C25H36FN7O2. The van der Waals surface area contributed by atoms with E-state index in [-0.39, 0.29) is 11.8 Å². The van der Waals surface area contributed by atoms with E-state index in [1.165, 1.54) is 23.1 Å². The highest BCUT2D eigenvalue weighted by Crippen LogP contribution is 2.21. The zero-order chi connectivity index (χ0) is 26.1. The van der Waals surface area contributed by atoms with Crippen LogP contribution in [0.3, 0.4) is 0 Å². The SMILES string of the molecule is Cc1ncc(Nc2cc(F)cc(CCNC(=O)[C@H](C)N(C)C(=O)/C=C/CN(C)C)c2)nc1N(C)C. The molecule has 0 aliphatic carbocycles. The molecule has 0 radical (unpaired) electrons. The monoisotopic (exact) mass is 485 g/mol. The summed E-state index contributed by atoms with van der Waals surface area (Å²) >= 11 is 0. The average Bonchev–Trinajstić information content (AvgIpc) is 2.78. The number of carbonyl (C=O) groups excluding carboxylic acids is 2. The van der Waals surface area contributed by atoms with E-state index in [0.717, 1.165) is 11.5 Å². The predicted molar refractivity (Wildman–Crippen MR) is 137 cm³/mol. The fourth-order valence-electron chi connectivity index (χ4n) is 3.26. The zero-order valence-corrected chi connectivity index (χ0v) is 21.6. The Bertz CT molecular complexity index is 1060. The number of aryl methyl sites for hydroxylation is 1. The van der Waals surface area contributed by atoms with Crippen molar-refractivity contribution in [1.29, 1.82) is 0 Å². The van der Waals surface area contributed by atoms with Crippen LogP contribution in [0.4, 0.5) is 21.7 Å². The fourth-order valence-corrected chi connectivity index (χ4v) is 3.26. The number of aromatic nitrogens is 2. The second kappa shape index (κ2) is 12.8. The number of likely N-dealkylation sites (N-methyl/N-ethyl adjacent to an activating group) is 2. The van der Waals surface area contributed by atoms with Crippen molar-refractivity contribution in [2.45, 2.75) is 26.3 Å². The first-order valence-corrected chi connectivity index (χ1v) is 11.4. The third kappa shape index (κ3) is 8.64. The summed E-state index contributed by atoms with van der Waals surface area (Å²) in [6, 6.07) is 3.98. The van der Waals surface area contributed by atoms with Gasteiger partial charge < -0.3 is 25.3 Å². The Balaban J connectivity index is 1.95. The predicted octanol–water partition coefficient (Wildman–Crippen LogP) is 2.36. The summed E-state index contributed by atoms with van der Waals surface area (Å²) < 4.78 is 14.2. The van der Waals surface area contributed by atoms with Crippen molar-refractivity contribution in [3.05, 3.63) is 53.6 Å². The number of anilines is 3. The molecule has 10 heteroatoms. The molecule has 1 aromatic carbocycles. The Kier molecular flexibility index (Phi) is 10.1. The van der Waals surface area contributed by atoms with Crippen LogP contribution in [0, 0.1) is 12.7 Å². The Morgan fingerprint density at radius 3 is 2.51 bits per heavy atom. The van der Waals surface area contributed by atoms with Crippen LogP contribution in [0.2, 0.25) is 0 Å². The molecular weight excluding hydrogens is 449 g/mol. The first-order chi connectivity index (χ1) is 16.5. The topological polar surface area (TPSA) is 93.7 Å². The van der Waals surface area contributed by atoms with Crippen LogP contribution in [0.25, 0.3) is 0 Å². The second-order valence-electron chi connectivity index (χ2n) is 8.86. The molecule has 190 valence electrons. The van der Waals surface area contributed by atoms with Crippen molar-refractivity contribution < 1.29 is 14.0 Å². The van der Waals surface area contributed by atoms with Crippen LogP contribution < -0.4 is 15.5 Å². The number of carbonyl (C=O) groups is 2. The number of hydrogen-bond acceptors (Lipinski definition) is 7. The van der Waals surface area contributed by atoms with Crippen molar-refractivity contribution in [3.8, 4) is 0 Å². The first-order valence-electron chi connectivity index (χ1n) is 11.4. The van der Waals surface area contributed by atoms with E-state index in [0.29, 0.717) is 36.6 Å². The van der Waals surface area contributed by atoms with Gasteiger partial charge >= 0.3 is 0 Å². The molecule has 2 rings (SSSR count). The lowest BCUT2D eigenvalue weighted by Gasteiger charge is -2.23. The third-order valence-corrected chi connectivity index (χ3v) is 5.34. The molecule has 1 heterocycles. The van der Waals surface area contributed by atoms with E-state index < -0.39 is 11.9 Å². The van der Waals surface area contributed by atoms with Gasteiger partial charge in [-0.1, -0.05) is 6.08 Å². The lowest BCUT2D eigenvalue weighted by Crippen LogP contribution is -2.45. The molecule has 0 saturated heterocycles. The Morgan fingerprint density at radius 2 is 1.86 bits per heavy atom. The van der Waals surface area contributed by atoms with Crippen molar-refractivity contribution in [1.82, 2.24) is 25.1 Å². The molecule has 0 aliphatic rings. The number of nitrogens with zero attached hydrogens (tertiary/aromatic N) is 5. The van der Waals surface area contributed by atoms with E-state index in [1.807, 2.05) is 44.9 Å². The van der Waals surface area contributed by atoms with Crippen molar-refractivity contribution >= 4 is 29.1 Å². The van der Waals surface area contributed by atoms with E-state index in [2.05, 4.69) is 20.6 Å². The Hall–Kier alpha value is -3.53. The van der Waals surface area contributed by atoms with E-state index >= 15 is 0 Å². The normalized spacial score (nSPS) is 12.0. The third-order valence-electron chi connectivity index (χ3n) is 5.34. The standard InChI is InChI=1S/C25H36FN7O2/c1-17-24(32(5)6)30-22(16-28-17)29-21-14-19(13-20(26)15-21)10-11-27-25(35)18(2)33(7)23(34)9-8-12-31(3)4/h8-9,13-16,18H,10-12H2,1-7H3,(H,27,35)(H,29,30)/b9-8+/t18-/m0/s1. The molecule has 35 heavy (non-hydrogen) atoms. The molecule has 0 unspecified atom stereocenters. The maximum absolute atomic E-state index is 14.2. The number of rotatable bonds is 11. The van der Waals surface area contributed by atoms with Crippen molar-refractivity contribution in [2.75, 3.05) is 58.5 Å². The van der Waals surface area contributed by atoms with Crippen LogP contribution in [0.15, 0.2) is 36.5 Å². The number of nitrogens with one attached hydrogen (secondary N) is 2. The van der Waals surface area contributed by atoms with Crippen LogP contribution in [-0.2, 0) is 16.0 Å². The molecule has 0 bridgehead atoms. The van der Waals surface area contributed by atoms with E-state index in [9.17, 15) is 14.0 Å². The summed E-state index contributed by atoms with van der Waals surface area (Å²) in [5.41, 5.74) is 2.05. The minimum Gasteiger partial charge on any atom is -0.361 e. The summed E-state index contributed by atoms with van der Waals surface area (Å²) in [6.07, 6.45) is 5.24. The van der Waals surface area contributed by atoms with Gasteiger partial charge in [-0.05, 0) is 58.1 Å². The van der Waals surface area contributed by atoms with E-state index in [1.54, 1.807) is 32.3 Å². The van der Waals surface area contributed by atoms with Gasteiger partial charge in [0.2, 0.25) is 11.8 Å². The smallest absolute Gasteiger partial charge is 0.246 e. The van der Waals surface area contributed by atoms with Crippen molar-refractivity contribution in [3.63, 3.8) is 0 Å².